The SMILES string of the molecule is O=C(/C=C/c1ccco1)c1ccc(N2C(=O)c3ccccc3NC23CCCCC3)cc1. The molecular formula is C26H24N2O3. The molecule has 1 aliphatic carbocycles. The number of hydrogen-bond acceptors (Lipinski definition) is 4. The zero-order chi connectivity index (χ0) is 21.3. The average molecular weight is 412 g/mol. The van der Waals surface area contributed by atoms with Gasteiger partial charge < -0.3 is 9.73 Å². The second-order valence-corrected chi connectivity index (χ2v) is 8.16. The highest BCUT2D eigenvalue weighted by Crippen LogP contribution is 2.42. The molecule has 5 rings (SSSR count). The lowest BCUT2D eigenvalue weighted by atomic mass is 9.84. The molecule has 3 aromatic rings. The van der Waals surface area contributed by atoms with Gasteiger partial charge in [-0.3, -0.25) is 14.5 Å². The standard InChI is InChI=1S/C26H24N2O3/c29-24(15-14-21-7-6-18-31-21)19-10-12-20(13-11-19)28-25(30)22-8-2-3-9-23(22)27-26(28)16-4-1-5-17-26/h2-3,6-15,18,27H,1,4-5,16-17H2/b15-14+. The Morgan fingerprint density at radius 2 is 1.74 bits per heavy atom. The van der Waals surface area contributed by atoms with Gasteiger partial charge in [-0.05, 0) is 86.4 Å². The van der Waals surface area contributed by atoms with Crippen molar-refractivity contribution in [1.29, 1.82) is 0 Å². The average Bonchev–Trinajstić information content (AvgIpc) is 3.32. The highest BCUT2D eigenvalue weighted by molar-refractivity contribution is 6.13. The van der Waals surface area contributed by atoms with Crippen LogP contribution in [0.4, 0.5) is 11.4 Å². The molecule has 2 heterocycles. The minimum atomic E-state index is -0.422. The van der Waals surface area contributed by atoms with E-state index in [0.717, 1.165) is 37.1 Å². The third-order valence-corrected chi connectivity index (χ3v) is 6.19. The van der Waals surface area contributed by atoms with E-state index in [1.54, 1.807) is 36.6 Å². The van der Waals surface area contributed by atoms with Gasteiger partial charge >= 0.3 is 0 Å². The van der Waals surface area contributed by atoms with Crippen molar-refractivity contribution in [2.24, 2.45) is 0 Å². The maximum Gasteiger partial charge on any atom is 0.262 e. The Labute approximate surface area is 181 Å². The third kappa shape index (κ3) is 3.56. The van der Waals surface area contributed by atoms with Gasteiger partial charge in [0.1, 0.15) is 11.4 Å². The van der Waals surface area contributed by atoms with E-state index in [0.29, 0.717) is 16.9 Å². The van der Waals surface area contributed by atoms with Crippen molar-refractivity contribution in [3.63, 3.8) is 0 Å². The van der Waals surface area contributed by atoms with E-state index in [1.807, 2.05) is 41.3 Å². The summed E-state index contributed by atoms with van der Waals surface area (Å²) in [4.78, 5) is 28.0. The number of nitrogens with zero attached hydrogens (tertiary/aromatic N) is 1. The molecule has 0 radical (unpaired) electrons. The van der Waals surface area contributed by atoms with Crippen molar-refractivity contribution >= 4 is 29.1 Å². The molecule has 1 saturated carbocycles. The number of rotatable bonds is 4. The van der Waals surface area contributed by atoms with E-state index in [1.165, 1.54) is 12.5 Å². The number of nitrogens with one attached hydrogen (secondary N) is 1. The van der Waals surface area contributed by atoms with E-state index in [4.69, 9.17) is 4.42 Å². The summed E-state index contributed by atoms with van der Waals surface area (Å²) in [6.45, 7) is 0. The topological polar surface area (TPSA) is 62.6 Å². The van der Waals surface area contributed by atoms with Crippen LogP contribution in [0.25, 0.3) is 6.08 Å². The van der Waals surface area contributed by atoms with Crippen LogP contribution in [-0.4, -0.2) is 17.4 Å². The fourth-order valence-corrected chi connectivity index (χ4v) is 4.66. The predicted octanol–water partition coefficient (Wildman–Crippen LogP) is 5.91. The Morgan fingerprint density at radius 1 is 0.968 bits per heavy atom. The maximum atomic E-state index is 13.5. The van der Waals surface area contributed by atoms with Gasteiger partial charge in [-0.1, -0.05) is 18.6 Å². The Morgan fingerprint density at radius 3 is 2.48 bits per heavy atom. The quantitative estimate of drug-likeness (QED) is 0.427. The number of amides is 1. The molecule has 1 amide bonds. The molecule has 2 aromatic carbocycles. The molecule has 2 aliphatic rings. The Kier molecular flexibility index (Phi) is 4.94. The molecule has 1 aliphatic heterocycles. The molecule has 1 aromatic heterocycles. The number of carbonyl (C=O) groups excluding carboxylic acids is 2. The Bertz CT molecular complexity index is 1120. The van der Waals surface area contributed by atoms with Gasteiger partial charge in [0.25, 0.3) is 5.91 Å². The number of allylic oxidation sites excluding steroid dienone is 1. The molecule has 0 bridgehead atoms. The van der Waals surface area contributed by atoms with Crippen molar-refractivity contribution in [1.82, 2.24) is 0 Å². The Balaban J connectivity index is 1.46. The van der Waals surface area contributed by atoms with E-state index < -0.39 is 5.66 Å². The van der Waals surface area contributed by atoms with Gasteiger partial charge in [-0.25, -0.2) is 0 Å². The second-order valence-electron chi connectivity index (χ2n) is 8.16. The van der Waals surface area contributed by atoms with Crippen LogP contribution < -0.4 is 10.2 Å². The van der Waals surface area contributed by atoms with Gasteiger partial charge in [-0.2, -0.15) is 0 Å². The van der Waals surface area contributed by atoms with Crippen LogP contribution in [0.2, 0.25) is 0 Å². The van der Waals surface area contributed by atoms with Gasteiger partial charge in [0.2, 0.25) is 0 Å². The van der Waals surface area contributed by atoms with Gasteiger partial charge in [0.15, 0.2) is 5.78 Å². The second kappa shape index (κ2) is 7.91. The summed E-state index contributed by atoms with van der Waals surface area (Å²) in [5, 5.41) is 3.68. The van der Waals surface area contributed by atoms with Crippen LogP contribution in [0.1, 0.15) is 58.6 Å². The number of anilines is 2. The van der Waals surface area contributed by atoms with Gasteiger partial charge in [0, 0.05) is 16.9 Å². The number of para-hydroxylation sites is 1. The number of fused-ring (bicyclic) bond motifs is 1. The molecule has 5 heteroatoms. The van der Waals surface area contributed by atoms with Crippen LogP contribution in [0.5, 0.6) is 0 Å². The van der Waals surface area contributed by atoms with Crippen LogP contribution in [-0.2, 0) is 0 Å². The van der Waals surface area contributed by atoms with Crippen molar-refractivity contribution in [2.75, 3.05) is 10.2 Å². The summed E-state index contributed by atoms with van der Waals surface area (Å²) >= 11 is 0. The summed E-state index contributed by atoms with van der Waals surface area (Å²) in [5.41, 5.74) is 2.54. The summed E-state index contributed by atoms with van der Waals surface area (Å²) in [7, 11) is 0. The van der Waals surface area contributed by atoms with E-state index in [2.05, 4.69) is 5.32 Å². The number of benzene rings is 2. The number of ketones is 1. The fourth-order valence-electron chi connectivity index (χ4n) is 4.66. The normalized spacial score (nSPS) is 17.5. The molecule has 31 heavy (non-hydrogen) atoms. The first-order chi connectivity index (χ1) is 15.2. The summed E-state index contributed by atoms with van der Waals surface area (Å²) < 4.78 is 5.23. The minimum absolute atomic E-state index is 0.00745. The lowest BCUT2D eigenvalue weighted by molar-refractivity contribution is 0.0938. The fraction of sp³-hybridized carbons (Fsp3) is 0.231. The first kappa shape index (κ1) is 19.4. The lowest BCUT2D eigenvalue weighted by Gasteiger charge is -2.50. The molecule has 1 spiro atoms. The maximum absolute atomic E-state index is 13.5. The summed E-state index contributed by atoms with van der Waals surface area (Å²) in [6, 6.07) is 18.6. The van der Waals surface area contributed by atoms with Crippen LogP contribution in [0.3, 0.4) is 0 Å². The predicted molar refractivity (Wildman–Crippen MR) is 121 cm³/mol. The largest absolute Gasteiger partial charge is 0.465 e. The smallest absolute Gasteiger partial charge is 0.262 e. The van der Waals surface area contributed by atoms with E-state index in [9.17, 15) is 9.59 Å². The molecular weight excluding hydrogens is 388 g/mol. The number of carbonyl (C=O) groups is 2. The number of hydrogen-bond donors (Lipinski definition) is 1. The number of furan rings is 1. The molecule has 1 fully saturated rings. The Hall–Kier alpha value is -3.60. The first-order valence-corrected chi connectivity index (χ1v) is 10.7. The highest BCUT2D eigenvalue weighted by atomic mass is 16.3. The van der Waals surface area contributed by atoms with E-state index in [-0.39, 0.29) is 11.7 Å². The van der Waals surface area contributed by atoms with Crippen molar-refractivity contribution in [3.05, 3.63) is 89.9 Å². The molecule has 1 N–H and O–H groups in total. The molecule has 0 atom stereocenters. The first-order valence-electron chi connectivity index (χ1n) is 10.7. The van der Waals surface area contributed by atoms with Crippen LogP contribution in [0.15, 0.2) is 77.4 Å². The third-order valence-electron chi connectivity index (χ3n) is 6.19. The zero-order valence-electron chi connectivity index (χ0n) is 17.2. The van der Waals surface area contributed by atoms with Crippen LogP contribution in [0, 0.1) is 0 Å². The van der Waals surface area contributed by atoms with Crippen molar-refractivity contribution in [2.45, 2.75) is 37.8 Å². The summed E-state index contributed by atoms with van der Waals surface area (Å²) in [5.74, 6) is 0.532. The van der Waals surface area contributed by atoms with Gasteiger partial charge in [0.05, 0.1) is 11.8 Å². The zero-order valence-corrected chi connectivity index (χ0v) is 17.2. The molecule has 5 nitrogen and oxygen atoms in total. The van der Waals surface area contributed by atoms with Crippen molar-refractivity contribution < 1.29 is 14.0 Å². The molecule has 0 saturated heterocycles. The van der Waals surface area contributed by atoms with Gasteiger partial charge in [-0.15, -0.1) is 0 Å². The van der Waals surface area contributed by atoms with Crippen molar-refractivity contribution in [3.8, 4) is 0 Å². The highest BCUT2D eigenvalue weighted by Gasteiger charge is 2.45. The molecule has 156 valence electrons. The monoisotopic (exact) mass is 412 g/mol. The summed E-state index contributed by atoms with van der Waals surface area (Å²) in [6.07, 6.45) is 9.87. The minimum Gasteiger partial charge on any atom is -0.465 e. The van der Waals surface area contributed by atoms with E-state index >= 15 is 0 Å². The molecule has 0 unspecified atom stereocenters. The lowest BCUT2D eigenvalue weighted by Crippen LogP contribution is -2.61. The van der Waals surface area contributed by atoms with Crippen LogP contribution >= 0.6 is 0 Å².